The first-order chi connectivity index (χ1) is 12.0. The molecular formula is C20H34O6. The summed E-state index contributed by atoms with van der Waals surface area (Å²) in [4.78, 5) is 12.4. The highest BCUT2D eigenvalue weighted by atomic mass is 16.6. The summed E-state index contributed by atoms with van der Waals surface area (Å²) in [5.41, 5.74) is -2.66. The molecule has 1 saturated heterocycles. The van der Waals surface area contributed by atoms with Crippen LogP contribution < -0.4 is 0 Å². The van der Waals surface area contributed by atoms with Crippen LogP contribution in [0.15, 0.2) is 0 Å². The number of aliphatic hydroxyl groups excluding tert-OH is 2. The average molecular weight is 370 g/mol. The lowest BCUT2D eigenvalue weighted by molar-refractivity contribution is -0.173. The molecule has 0 aromatic heterocycles. The smallest absolute Gasteiger partial charge is 0.306 e. The van der Waals surface area contributed by atoms with Crippen molar-refractivity contribution < 1.29 is 29.6 Å². The molecule has 6 nitrogen and oxygen atoms in total. The Labute approximate surface area is 155 Å². The second kappa shape index (κ2) is 6.43. The van der Waals surface area contributed by atoms with Crippen LogP contribution in [-0.2, 0) is 14.3 Å². The minimum Gasteiger partial charge on any atom is -0.462 e. The molecule has 26 heavy (non-hydrogen) atoms. The van der Waals surface area contributed by atoms with Gasteiger partial charge in [-0.15, -0.1) is 0 Å². The first kappa shape index (κ1) is 20.1. The predicted octanol–water partition coefficient (Wildman–Crippen LogP) is 1.64. The molecule has 0 aromatic carbocycles. The summed E-state index contributed by atoms with van der Waals surface area (Å²) >= 11 is 0. The van der Waals surface area contributed by atoms with Crippen LogP contribution in [0.1, 0.15) is 60.3 Å². The number of carbonyl (C=O) groups is 1. The van der Waals surface area contributed by atoms with Crippen molar-refractivity contribution in [1.29, 1.82) is 0 Å². The second-order valence-electron chi connectivity index (χ2n) is 9.70. The van der Waals surface area contributed by atoms with Crippen molar-refractivity contribution in [3.05, 3.63) is 0 Å². The Balaban J connectivity index is 2.00. The molecule has 0 radical (unpaired) electrons. The molecule has 2 aliphatic carbocycles. The maximum Gasteiger partial charge on any atom is 0.306 e. The largest absolute Gasteiger partial charge is 0.462 e. The lowest BCUT2D eigenvalue weighted by Gasteiger charge is -2.45. The zero-order valence-electron chi connectivity index (χ0n) is 16.6. The quantitative estimate of drug-likeness (QED) is 0.514. The summed E-state index contributed by atoms with van der Waals surface area (Å²) in [5.74, 6) is -0.625. The van der Waals surface area contributed by atoms with Gasteiger partial charge in [-0.3, -0.25) is 4.79 Å². The van der Waals surface area contributed by atoms with Gasteiger partial charge in [-0.1, -0.05) is 34.6 Å². The normalized spacial score (nSPS) is 47.9. The molecule has 0 unspecified atom stereocenters. The highest BCUT2D eigenvalue weighted by molar-refractivity contribution is 5.69. The number of aliphatic hydroxyl groups is 3. The van der Waals surface area contributed by atoms with Crippen LogP contribution >= 0.6 is 0 Å². The number of hydrogen-bond acceptors (Lipinski definition) is 6. The van der Waals surface area contributed by atoms with Crippen LogP contribution in [0, 0.1) is 23.2 Å². The zero-order chi connectivity index (χ0) is 19.5. The summed E-state index contributed by atoms with van der Waals surface area (Å²) in [6, 6.07) is 0. The fourth-order valence-corrected chi connectivity index (χ4v) is 5.35. The van der Waals surface area contributed by atoms with E-state index in [0.29, 0.717) is 32.3 Å². The number of fused-ring (bicyclic) bond motifs is 1. The number of epoxide rings is 1. The average Bonchev–Trinajstić information content (AvgIpc) is 3.25. The summed E-state index contributed by atoms with van der Waals surface area (Å²) in [5, 5.41) is 33.3. The van der Waals surface area contributed by atoms with E-state index in [1.807, 2.05) is 34.6 Å². The molecule has 0 aromatic rings. The predicted molar refractivity (Wildman–Crippen MR) is 95.3 cm³/mol. The van der Waals surface area contributed by atoms with E-state index in [9.17, 15) is 20.1 Å². The lowest BCUT2D eigenvalue weighted by Crippen LogP contribution is -2.53. The van der Waals surface area contributed by atoms with Crippen molar-refractivity contribution in [2.75, 3.05) is 6.61 Å². The standard InChI is InChI=1S/C20H34O6/c1-11(2)8-14(21)26-13-9-19(10-25-19)17(23)16(22)18(5)6-7-20(24,12(3)4)15(13)18/h11-13,15-17,22-24H,6-10H2,1-5H3/t13-,15+,16+,17-,18-,19-,20+/m0/s1. The van der Waals surface area contributed by atoms with E-state index in [4.69, 9.17) is 9.47 Å². The molecule has 2 saturated carbocycles. The van der Waals surface area contributed by atoms with Crippen LogP contribution in [0.25, 0.3) is 0 Å². The molecule has 3 rings (SSSR count). The molecule has 0 bridgehead atoms. The van der Waals surface area contributed by atoms with Crippen molar-refractivity contribution >= 4 is 5.97 Å². The van der Waals surface area contributed by atoms with Crippen LogP contribution in [0.2, 0.25) is 0 Å². The maximum absolute atomic E-state index is 12.4. The summed E-state index contributed by atoms with van der Waals surface area (Å²) in [6.07, 6.45) is -0.963. The van der Waals surface area contributed by atoms with E-state index < -0.39 is 40.8 Å². The molecule has 7 atom stereocenters. The van der Waals surface area contributed by atoms with Crippen molar-refractivity contribution in [2.45, 2.75) is 89.8 Å². The van der Waals surface area contributed by atoms with Gasteiger partial charge in [0, 0.05) is 24.2 Å². The first-order valence-electron chi connectivity index (χ1n) is 9.88. The maximum atomic E-state index is 12.4. The van der Waals surface area contributed by atoms with Gasteiger partial charge in [0.1, 0.15) is 17.8 Å². The Kier molecular flexibility index (Phi) is 4.96. The summed E-state index contributed by atoms with van der Waals surface area (Å²) in [7, 11) is 0. The fourth-order valence-electron chi connectivity index (χ4n) is 5.35. The zero-order valence-corrected chi connectivity index (χ0v) is 16.6. The van der Waals surface area contributed by atoms with Crippen molar-refractivity contribution in [1.82, 2.24) is 0 Å². The highest BCUT2D eigenvalue weighted by Crippen LogP contribution is 2.61. The van der Waals surface area contributed by atoms with Crippen LogP contribution in [0.4, 0.5) is 0 Å². The van der Waals surface area contributed by atoms with Crippen molar-refractivity contribution in [2.24, 2.45) is 23.2 Å². The number of esters is 1. The summed E-state index contributed by atoms with van der Waals surface area (Å²) < 4.78 is 11.4. The SMILES string of the molecule is CC(C)CC(=O)O[C@H]1C[C@]2(CO2)[C@@H](O)[C@@H](O)[C@@]2(C)CC[C@@](O)(C(C)C)[C@H]12. The van der Waals surface area contributed by atoms with Crippen LogP contribution in [0.5, 0.6) is 0 Å². The summed E-state index contributed by atoms with van der Waals surface area (Å²) in [6.45, 7) is 10.1. The molecule has 1 aliphatic heterocycles. The van der Waals surface area contributed by atoms with Gasteiger partial charge in [-0.05, 0) is 24.7 Å². The van der Waals surface area contributed by atoms with Crippen molar-refractivity contribution in [3.8, 4) is 0 Å². The van der Waals surface area contributed by atoms with E-state index in [0.717, 1.165) is 0 Å². The first-order valence-corrected chi connectivity index (χ1v) is 9.88. The van der Waals surface area contributed by atoms with E-state index in [1.165, 1.54) is 0 Å². The molecule has 3 fully saturated rings. The van der Waals surface area contributed by atoms with Gasteiger partial charge < -0.3 is 24.8 Å². The molecule has 150 valence electrons. The number of carbonyl (C=O) groups excluding carboxylic acids is 1. The van der Waals surface area contributed by atoms with Gasteiger partial charge >= 0.3 is 5.97 Å². The van der Waals surface area contributed by atoms with Gasteiger partial charge in [0.05, 0.1) is 18.3 Å². The molecular weight excluding hydrogens is 336 g/mol. The molecule has 3 N–H and O–H groups in total. The number of hydrogen-bond donors (Lipinski definition) is 3. The highest BCUT2D eigenvalue weighted by Gasteiger charge is 2.70. The van der Waals surface area contributed by atoms with Gasteiger partial charge in [0.25, 0.3) is 0 Å². The van der Waals surface area contributed by atoms with Gasteiger partial charge in [0.15, 0.2) is 0 Å². The Morgan fingerprint density at radius 3 is 2.31 bits per heavy atom. The van der Waals surface area contributed by atoms with Gasteiger partial charge in [-0.2, -0.15) is 0 Å². The van der Waals surface area contributed by atoms with E-state index >= 15 is 0 Å². The third kappa shape index (κ3) is 2.99. The second-order valence-corrected chi connectivity index (χ2v) is 9.70. The molecule has 1 heterocycles. The van der Waals surface area contributed by atoms with E-state index in [-0.39, 0.29) is 17.8 Å². The minimum absolute atomic E-state index is 0.0564. The molecule has 3 aliphatic rings. The molecule has 1 spiro atoms. The Morgan fingerprint density at radius 2 is 1.81 bits per heavy atom. The third-order valence-corrected chi connectivity index (χ3v) is 7.12. The van der Waals surface area contributed by atoms with Crippen LogP contribution in [0.3, 0.4) is 0 Å². The Bertz CT molecular complexity index is 557. The topological polar surface area (TPSA) is 99.5 Å². The van der Waals surface area contributed by atoms with E-state index in [1.54, 1.807) is 0 Å². The molecule has 6 heteroatoms. The number of ether oxygens (including phenoxy) is 2. The lowest BCUT2D eigenvalue weighted by atomic mass is 9.66. The number of rotatable bonds is 4. The van der Waals surface area contributed by atoms with Gasteiger partial charge in [-0.25, -0.2) is 0 Å². The molecule has 0 amide bonds. The fraction of sp³-hybridized carbons (Fsp3) is 0.950. The minimum atomic E-state index is -1.06. The third-order valence-electron chi connectivity index (χ3n) is 7.12. The Morgan fingerprint density at radius 1 is 1.19 bits per heavy atom. The van der Waals surface area contributed by atoms with Crippen LogP contribution in [-0.4, -0.2) is 57.4 Å². The monoisotopic (exact) mass is 370 g/mol. The van der Waals surface area contributed by atoms with Gasteiger partial charge in [0.2, 0.25) is 0 Å². The van der Waals surface area contributed by atoms with E-state index in [2.05, 4.69) is 0 Å². The Hall–Kier alpha value is -0.690. The van der Waals surface area contributed by atoms with Crippen molar-refractivity contribution in [3.63, 3.8) is 0 Å².